The maximum atomic E-state index is 12.7. The van der Waals surface area contributed by atoms with Crippen molar-refractivity contribution >= 4 is 15.9 Å². The van der Waals surface area contributed by atoms with Gasteiger partial charge < -0.3 is 5.32 Å². The van der Waals surface area contributed by atoms with E-state index >= 15 is 0 Å². The van der Waals surface area contributed by atoms with Crippen molar-refractivity contribution in [3.05, 3.63) is 42.5 Å². The summed E-state index contributed by atoms with van der Waals surface area (Å²) in [7, 11) is -3.64. The molecule has 136 valence electrons. The smallest absolute Gasteiger partial charge is 0.251 e. The van der Waals surface area contributed by atoms with E-state index in [4.69, 9.17) is 0 Å². The van der Waals surface area contributed by atoms with E-state index in [1.807, 2.05) is 6.92 Å². The minimum atomic E-state index is -3.64. The van der Waals surface area contributed by atoms with Crippen LogP contribution in [0.4, 0.5) is 0 Å². The number of benzene rings is 1. The Kier molecular flexibility index (Phi) is 5.29. The second kappa shape index (κ2) is 7.30. The largest absolute Gasteiger partial charge is 0.349 e. The van der Waals surface area contributed by atoms with Crippen LogP contribution < -0.4 is 10.0 Å². The normalized spacial score (nSPS) is 26.4. The number of hydrogen-bond donors (Lipinski definition) is 2. The number of hydrogen-bond acceptors (Lipinski definition) is 3. The number of sulfonamides is 1. The first kappa shape index (κ1) is 18.1. The standard InChI is InChI=1S/C19H26N2O3S/c1-3-9-20-19(22)16-5-4-6-17(12-16)25(23,24)21-13(2)18-11-14-7-8-15(18)10-14/h3-6,12-15,18,21H,1,7-11H2,2H3,(H,20,22). The number of amides is 1. The number of carbonyl (C=O) groups excluding carboxylic acids is 1. The summed E-state index contributed by atoms with van der Waals surface area (Å²) in [5, 5.41) is 2.66. The fourth-order valence-corrected chi connectivity index (χ4v) is 5.72. The topological polar surface area (TPSA) is 75.3 Å². The van der Waals surface area contributed by atoms with Gasteiger partial charge in [-0.15, -0.1) is 6.58 Å². The SMILES string of the molecule is C=CCNC(=O)c1cccc(S(=O)(=O)NC(C)C2CC3CCC2C3)c1. The van der Waals surface area contributed by atoms with Crippen molar-refractivity contribution < 1.29 is 13.2 Å². The van der Waals surface area contributed by atoms with Gasteiger partial charge in [-0.25, -0.2) is 13.1 Å². The highest BCUT2D eigenvalue weighted by Gasteiger charge is 2.42. The first-order chi connectivity index (χ1) is 11.9. The van der Waals surface area contributed by atoms with E-state index in [1.165, 1.54) is 31.4 Å². The number of fused-ring (bicyclic) bond motifs is 2. The van der Waals surface area contributed by atoms with Crippen LogP contribution >= 0.6 is 0 Å². The fourth-order valence-electron chi connectivity index (χ4n) is 4.38. The molecule has 0 radical (unpaired) electrons. The van der Waals surface area contributed by atoms with Gasteiger partial charge in [-0.3, -0.25) is 4.79 Å². The van der Waals surface area contributed by atoms with Gasteiger partial charge in [0.1, 0.15) is 0 Å². The molecular formula is C19H26N2O3S. The first-order valence-corrected chi connectivity index (χ1v) is 10.4. The van der Waals surface area contributed by atoms with Crippen LogP contribution in [0.1, 0.15) is 43.0 Å². The number of carbonyl (C=O) groups is 1. The summed E-state index contributed by atoms with van der Waals surface area (Å²) >= 11 is 0. The van der Waals surface area contributed by atoms with Crippen molar-refractivity contribution in [3.63, 3.8) is 0 Å². The molecule has 2 fully saturated rings. The molecule has 2 bridgehead atoms. The lowest BCUT2D eigenvalue weighted by molar-refractivity contribution is 0.0958. The minimum Gasteiger partial charge on any atom is -0.349 e. The van der Waals surface area contributed by atoms with Gasteiger partial charge in [0.25, 0.3) is 5.91 Å². The number of nitrogens with one attached hydrogen (secondary N) is 2. The molecule has 2 aliphatic rings. The summed E-state index contributed by atoms with van der Waals surface area (Å²) < 4.78 is 28.3. The summed E-state index contributed by atoms with van der Waals surface area (Å²) in [4.78, 5) is 12.2. The van der Waals surface area contributed by atoms with Gasteiger partial charge in [0, 0.05) is 18.2 Å². The fraction of sp³-hybridized carbons (Fsp3) is 0.526. The Bertz CT molecular complexity index is 760. The van der Waals surface area contributed by atoms with Gasteiger partial charge in [0.2, 0.25) is 10.0 Å². The molecule has 2 aliphatic carbocycles. The van der Waals surface area contributed by atoms with Crippen molar-refractivity contribution in [2.24, 2.45) is 17.8 Å². The molecule has 1 aromatic rings. The highest BCUT2D eigenvalue weighted by atomic mass is 32.2. The third-order valence-corrected chi connectivity index (χ3v) is 7.15. The van der Waals surface area contributed by atoms with Crippen LogP contribution in [0.2, 0.25) is 0 Å². The van der Waals surface area contributed by atoms with E-state index in [1.54, 1.807) is 18.2 Å². The molecule has 6 heteroatoms. The maximum absolute atomic E-state index is 12.7. The molecular weight excluding hydrogens is 336 g/mol. The quantitative estimate of drug-likeness (QED) is 0.732. The van der Waals surface area contributed by atoms with Gasteiger partial charge in [0.15, 0.2) is 0 Å². The molecule has 3 rings (SSSR count). The van der Waals surface area contributed by atoms with Gasteiger partial charge in [0.05, 0.1) is 4.90 Å². The molecule has 1 aromatic carbocycles. The van der Waals surface area contributed by atoms with Crippen molar-refractivity contribution in [2.45, 2.75) is 43.5 Å². The van der Waals surface area contributed by atoms with Crippen LogP contribution in [-0.2, 0) is 10.0 Å². The van der Waals surface area contributed by atoms with Crippen LogP contribution in [0, 0.1) is 17.8 Å². The van der Waals surface area contributed by atoms with E-state index < -0.39 is 10.0 Å². The van der Waals surface area contributed by atoms with Crippen molar-refractivity contribution in [1.82, 2.24) is 10.0 Å². The summed E-state index contributed by atoms with van der Waals surface area (Å²) in [5.74, 6) is 1.54. The molecule has 0 spiro atoms. The average Bonchev–Trinajstić information content (AvgIpc) is 3.22. The van der Waals surface area contributed by atoms with E-state index in [-0.39, 0.29) is 16.8 Å². The molecule has 2 N–H and O–H groups in total. The van der Waals surface area contributed by atoms with Crippen LogP contribution in [0.25, 0.3) is 0 Å². The molecule has 4 atom stereocenters. The Balaban J connectivity index is 1.71. The molecule has 1 amide bonds. The van der Waals surface area contributed by atoms with E-state index in [0.29, 0.717) is 23.9 Å². The molecule has 0 aromatic heterocycles. The Morgan fingerprint density at radius 2 is 2.16 bits per heavy atom. The number of rotatable bonds is 7. The molecule has 5 nitrogen and oxygen atoms in total. The second-order valence-corrected chi connectivity index (χ2v) is 8.99. The van der Waals surface area contributed by atoms with Crippen LogP contribution in [-0.4, -0.2) is 26.9 Å². The summed E-state index contributed by atoms with van der Waals surface area (Å²) in [6.07, 6.45) is 6.47. The lowest BCUT2D eigenvalue weighted by Gasteiger charge is -2.28. The third kappa shape index (κ3) is 3.96. The van der Waals surface area contributed by atoms with Gasteiger partial charge >= 0.3 is 0 Å². The van der Waals surface area contributed by atoms with Crippen LogP contribution in [0.15, 0.2) is 41.8 Å². The Morgan fingerprint density at radius 3 is 2.80 bits per heavy atom. The Hall–Kier alpha value is -1.66. The zero-order chi connectivity index (χ0) is 18.0. The van der Waals surface area contributed by atoms with Crippen LogP contribution in [0.5, 0.6) is 0 Å². The lowest BCUT2D eigenvalue weighted by atomic mass is 9.84. The minimum absolute atomic E-state index is 0.0847. The van der Waals surface area contributed by atoms with Crippen molar-refractivity contribution in [2.75, 3.05) is 6.54 Å². The average molecular weight is 362 g/mol. The van der Waals surface area contributed by atoms with Crippen LogP contribution in [0.3, 0.4) is 0 Å². The van der Waals surface area contributed by atoms with Gasteiger partial charge in [-0.05, 0) is 62.1 Å². The van der Waals surface area contributed by atoms with E-state index in [9.17, 15) is 13.2 Å². The summed E-state index contributed by atoms with van der Waals surface area (Å²) in [5.41, 5.74) is 0.331. The Labute approximate surface area is 149 Å². The molecule has 25 heavy (non-hydrogen) atoms. The zero-order valence-corrected chi connectivity index (χ0v) is 15.4. The summed E-state index contributed by atoms with van der Waals surface area (Å²) in [6.45, 7) is 5.85. The van der Waals surface area contributed by atoms with E-state index in [0.717, 1.165) is 12.3 Å². The highest BCUT2D eigenvalue weighted by Crippen LogP contribution is 2.49. The van der Waals surface area contributed by atoms with Gasteiger partial charge in [-0.2, -0.15) is 0 Å². The molecule has 4 unspecified atom stereocenters. The summed E-state index contributed by atoms with van der Waals surface area (Å²) in [6, 6.07) is 6.07. The predicted octanol–water partition coefficient (Wildman–Crippen LogP) is 2.71. The van der Waals surface area contributed by atoms with Gasteiger partial charge in [-0.1, -0.05) is 18.6 Å². The van der Waals surface area contributed by atoms with Crippen molar-refractivity contribution in [3.8, 4) is 0 Å². The Morgan fingerprint density at radius 1 is 1.36 bits per heavy atom. The molecule has 2 saturated carbocycles. The second-order valence-electron chi connectivity index (χ2n) is 7.28. The van der Waals surface area contributed by atoms with Crippen molar-refractivity contribution in [1.29, 1.82) is 0 Å². The zero-order valence-electron chi connectivity index (χ0n) is 14.6. The monoisotopic (exact) mass is 362 g/mol. The predicted molar refractivity (Wildman–Crippen MR) is 97.7 cm³/mol. The molecule has 0 aliphatic heterocycles. The highest BCUT2D eigenvalue weighted by molar-refractivity contribution is 7.89. The molecule has 0 saturated heterocycles. The lowest BCUT2D eigenvalue weighted by Crippen LogP contribution is -2.40. The first-order valence-electron chi connectivity index (χ1n) is 8.92. The van der Waals surface area contributed by atoms with E-state index in [2.05, 4.69) is 16.6 Å². The third-order valence-electron chi connectivity index (χ3n) is 5.59. The molecule has 0 heterocycles. The maximum Gasteiger partial charge on any atom is 0.251 e.